The van der Waals surface area contributed by atoms with Gasteiger partial charge in [-0.2, -0.15) is 0 Å². The average molecular weight is 316 g/mol. The van der Waals surface area contributed by atoms with E-state index >= 15 is 0 Å². The van der Waals surface area contributed by atoms with Crippen LogP contribution in [0, 0.1) is 11.8 Å². The Morgan fingerprint density at radius 1 is 1.04 bits per heavy atom. The van der Waals surface area contributed by atoms with Crippen molar-refractivity contribution >= 4 is 5.82 Å². The van der Waals surface area contributed by atoms with E-state index in [0.29, 0.717) is 5.88 Å². The van der Waals surface area contributed by atoms with Gasteiger partial charge in [0.25, 0.3) is 5.88 Å². The summed E-state index contributed by atoms with van der Waals surface area (Å²) in [5, 5.41) is 0. The van der Waals surface area contributed by atoms with Gasteiger partial charge in [0.05, 0.1) is 6.10 Å². The molecule has 3 aliphatic rings. The van der Waals surface area contributed by atoms with E-state index in [-0.39, 0.29) is 6.10 Å². The predicted octanol–water partition coefficient (Wildman–Crippen LogP) is 2.57. The first-order valence-corrected chi connectivity index (χ1v) is 9.17. The van der Waals surface area contributed by atoms with E-state index in [1.165, 1.54) is 25.7 Å². The zero-order valence-electron chi connectivity index (χ0n) is 14.3. The van der Waals surface area contributed by atoms with Crippen molar-refractivity contribution in [1.82, 2.24) is 14.9 Å². The minimum Gasteiger partial charge on any atom is -0.472 e. The molecule has 1 aromatic heterocycles. The summed E-state index contributed by atoms with van der Waals surface area (Å²) in [6.07, 6.45) is 9.49. The summed E-state index contributed by atoms with van der Waals surface area (Å²) in [7, 11) is 0. The molecule has 2 saturated carbocycles. The molecule has 3 unspecified atom stereocenters. The molecule has 2 heterocycles. The van der Waals surface area contributed by atoms with Gasteiger partial charge < -0.3 is 9.64 Å². The molecule has 23 heavy (non-hydrogen) atoms. The van der Waals surface area contributed by atoms with Gasteiger partial charge in [-0.15, -0.1) is 0 Å². The van der Waals surface area contributed by atoms with Gasteiger partial charge in [-0.05, 0) is 44.9 Å². The molecule has 1 saturated heterocycles. The molecule has 5 heteroatoms. The standard InChI is InChI=1S/C18H28N4O/c1-13(2)23-18-17(19-5-6-20-18)22-9-7-21(8-10-22)16-12-14-3-4-15(16)11-14/h5-6,13-16H,3-4,7-12H2,1-2H3. The lowest BCUT2D eigenvalue weighted by atomic mass is 9.93. The van der Waals surface area contributed by atoms with Crippen molar-refractivity contribution in [3.05, 3.63) is 12.4 Å². The van der Waals surface area contributed by atoms with Crippen LogP contribution in [0.15, 0.2) is 12.4 Å². The first-order chi connectivity index (χ1) is 11.2. The molecule has 3 atom stereocenters. The van der Waals surface area contributed by atoms with E-state index in [1.807, 2.05) is 13.8 Å². The maximum Gasteiger partial charge on any atom is 0.257 e. The maximum atomic E-state index is 5.84. The molecule has 5 nitrogen and oxygen atoms in total. The summed E-state index contributed by atoms with van der Waals surface area (Å²) in [6.45, 7) is 8.41. The number of rotatable bonds is 4. The zero-order valence-corrected chi connectivity index (χ0v) is 14.3. The summed E-state index contributed by atoms with van der Waals surface area (Å²) >= 11 is 0. The summed E-state index contributed by atoms with van der Waals surface area (Å²) in [5.74, 6) is 3.58. The maximum absolute atomic E-state index is 5.84. The van der Waals surface area contributed by atoms with Crippen molar-refractivity contribution in [3.8, 4) is 5.88 Å². The van der Waals surface area contributed by atoms with Gasteiger partial charge in [0, 0.05) is 44.6 Å². The molecular formula is C18H28N4O. The number of piperazine rings is 1. The lowest BCUT2D eigenvalue weighted by molar-refractivity contribution is 0.134. The molecule has 0 spiro atoms. The van der Waals surface area contributed by atoms with Crippen LogP contribution in [0.25, 0.3) is 0 Å². The van der Waals surface area contributed by atoms with Crippen molar-refractivity contribution in [2.75, 3.05) is 31.1 Å². The Labute approximate surface area is 139 Å². The Balaban J connectivity index is 1.40. The van der Waals surface area contributed by atoms with Gasteiger partial charge in [0.2, 0.25) is 0 Å². The van der Waals surface area contributed by atoms with Crippen LogP contribution >= 0.6 is 0 Å². The number of fused-ring (bicyclic) bond motifs is 2. The fraction of sp³-hybridized carbons (Fsp3) is 0.778. The van der Waals surface area contributed by atoms with E-state index in [2.05, 4.69) is 19.8 Å². The molecule has 1 aliphatic heterocycles. The normalized spacial score (nSPS) is 31.1. The molecular weight excluding hydrogens is 288 g/mol. The van der Waals surface area contributed by atoms with Crippen LogP contribution < -0.4 is 9.64 Å². The number of hydrogen-bond donors (Lipinski definition) is 0. The predicted molar refractivity (Wildman–Crippen MR) is 90.8 cm³/mol. The molecule has 2 bridgehead atoms. The second-order valence-corrected chi connectivity index (χ2v) is 7.62. The van der Waals surface area contributed by atoms with E-state index < -0.39 is 0 Å². The molecule has 126 valence electrons. The first kappa shape index (κ1) is 15.2. The molecule has 0 amide bonds. The topological polar surface area (TPSA) is 41.5 Å². The highest BCUT2D eigenvalue weighted by Gasteiger charge is 2.42. The second kappa shape index (κ2) is 6.27. The summed E-state index contributed by atoms with van der Waals surface area (Å²) < 4.78 is 5.84. The molecule has 0 aromatic carbocycles. The minimum absolute atomic E-state index is 0.126. The van der Waals surface area contributed by atoms with Gasteiger partial charge in [-0.25, -0.2) is 9.97 Å². The molecule has 4 rings (SSSR count). The Kier molecular flexibility index (Phi) is 4.14. The number of hydrogen-bond acceptors (Lipinski definition) is 5. The molecule has 2 aliphatic carbocycles. The lowest BCUT2D eigenvalue weighted by Crippen LogP contribution is -2.52. The van der Waals surface area contributed by atoms with Crippen molar-refractivity contribution in [3.63, 3.8) is 0 Å². The van der Waals surface area contributed by atoms with Crippen LogP contribution in [-0.4, -0.2) is 53.2 Å². The summed E-state index contributed by atoms with van der Waals surface area (Å²) in [5.41, 5.74) is 0. The van der Waals surface area contributed by atoms with Crippen LogP contribution in [-0.2, 0) is 0 Å². The van der Waals surface area contributed by atoms with Gasteiger partial charge >= 0.3 is 0 Å². The number of aromatic nitrogens is 2. The van der Waals surface area contributed by atoms with Crippen molar-refractivity contribution in [1.29, 1.82) is 0 Å². The minimum atomic E-state index is 0.126. The van der Waals surface area contributed by atoms with Gasteiger partial charge in [0.1, 0.15) is 0 Å². The monoisotopic (exact) mass is 316 g/mol. The van der Waals surface area contributed by atoms with E-state index in [4.69, 9.17) is 4.74 Å². The summed E-state index contributed by atoms with van der Waals surface area (Å²) in [6, 6.07) is 0.851. The molecule has 3 fully saturated rings. The molecule has 0 N–H and O–H groups in total. The Hall–Kier alpha value is -1.36. The number of ether oxygens (including phenoxy) is 1. The zero-order chi connectivity index (χ0) is 15.8. The Morgan fingerprint density at radius 2 is 1.83 bits per heavy atom. The first-order valence-electron chi connectivity index (χ1n) is 9.17. The molecule has 0 radical (unpaired) electrons. The summed E-state index contributed by atoms with van der Waals surface area (Å²) in [4.78, 5) is 14.0. The van der Waals surface area contributed by atoms with Crippen molar-refractivity contribution in [2.24, 2.45) is 11.8 Å². The third-order valence-corrected chi connectivity index (χ3v) is 5.78. The lowest BCUT2D eigenvalue weighted by Gasteiger charge is -2.41. The smallest absolute Gasteiger partial charge is 0.257 e. The largest absolute Gasteiger partial charge is 0.472 e. The van der Waals surface area contributed by atoms with Gasteiger partial charge in [-0.1, -0.05) is 6.42 Å². The van der Waals surface area contributed by atoms with Crippen molar-refractivity contribution in [2.45, 2.75) is 51.7 Å². The second-order valence-electron chi connectivity index (χ2n) is 7.62. The quantitative estimate of drug-likeness (QED) is 0.854. The Morgan fingerprint density at radius 3 is 2.48 bits per heavy atom. The van der Waals surface area contributed by atoms with Crippen LogP contribution in [0.1, 0.15) is 39.5 Å². The van der Waals surface area contributed by atoms with Crippen LogP contribution in [0.3, 0.4) is 0 Å². The third kappa shape index (κ3) is 3.03. The number of nitrogens with zero attached hydrogens (tertiary/aromatic N) is 4. The SMILES string of the molecule is CC(C)Oc1nccnc1N1CCN(C2CC3CCC2C3)CC1. The van der Waals surface area contributed by atoms with E-state index in [9.17, 15) is 0 Å². The average Bonchev–Trinajstić information content (AvgIpc) is 3.18. The van der Waals surface area contributed by atoms with Crippen LogP contribution in [0.4, 0.5) is 5.82 Å². The van der Waals surface area contributed by atoms with E-state index in [0.717, 1.165) is 49.9 Å². The van der Waals surface area contributed by atoms with Crippen LogP contribution in [0.2, 0.25) is 0 Å². The molecule has 1 aromatic rings. The highest BCUT2D eigenvalue weighted by molar-refractivity contribution is 5.48. The van der Waals surface area contributed by atoms with Crippen LogP contribution in [0.5, 0.6) is 5.88 Å². The highest BCUT2D eigenvalue weighted by atomic mass is 16.5. The van der Waals surface area contributed by atoms with Gasteiger partial charge in [-0.3, -0.25) is 4.90 Å². The fourth-order valence-electron chi connectivity index (χ4n) is 4.76. The van der Waals surface area contributed by atoms with Crippen molar-refractivity contribution < 1.29 is 4.74 Å². The third-order valence-electron chi connectivity index (χ3n) is 5.78. The fourth-order valence-corrected chi connectivity index (χ4v) is 4.76. The number of anilines is 1. The van der Waals surface area contributed by atoms with Gasteiger partial charge in [0.15, 0.2) is 5.82 Å². The highest BCUT2D eigenvalue weighted by Crippen LogP contribution is 2.46. The Bertz CT molecular complexity index is 542. The van der Waals surface area contributed by atoms with E-state index in [1.54, 1.807) is 12.4 Å².